The fourth-order valence-electron chi connectivity index (χ4n) is 4.05. The topological polar surface area (TPSA) is 104 Å². The van der Waals surface area contributed by atoms with Crippen molar-refractivity contribution in [1.82, 2.24) is 0 Å². The summed E-state index contributed by atoms with van der Waals surface area (Å²) >= 11 is 5.68. The Balaban J connectivity index is 1.75. The van der Waals surface area contributed by atoms with Crippen molar-refractivity contribution in [1.29, 1.82) is 0 Å². The quantitative estimate of drug-likeness (QED) is 0.150. The Bertz CT molecular complexity index is 1410. The van der Waals surface area contributed by atoms with Gasteiger partial charge < -0.3 is 23.7 Å². The number of benzene rings is 3. The van der Waals surface area contributed by atoms with Crippen LogP contribution < -0.4 is 28.7 Å². The second-order valence-corrected chi connectivity index (χ2v) is 8.89. The van der Waals surface area contributed by atoms with Gasteiger partial charge in [-0.15, -0.1) is 0 Å². The van der Waals surface area contributed by atoms with Gasteiger partial charge in [0, 0.05) is 0 Å². The highest BCUT2D eigenvalue weighted by Gasteiger charge is 2.41. The number of nitrogens with zero attached hydrogens (tertiary/aromatic N) is 2. The number of rotatable bonds is 10. The maximum atomic E-state index is 13.8. The third-order valence-corrected chi connectivity index (χ3v) is 6.43. The minimum Gasteiger partial charge on any atom is -0.497 e. The van der Waals surface area contributed by atoms with E-state index in [0.717, 1.165) is 0 Å². The number of anilines is 2. The zero-order valence-electron chi connectivity index (χ0n) is 22.9. The standard InChI is InChI=1S/C30H28N2O8S/c1-5-39-27(33)18-40-25-15-6-19(17-26(25)38-4)16-24-28(34)31(20-7-11-22(36-2)12-8-20)30(41)32(29(24)35)21-9-13-23(37-3)14-10-21/h6-17H,5,18H2,1-4H3. The van der Waals surface area contributed by atoms with E-state index in [1.807, 2.05) is 0 Å². The van der Waals surface area contributed by atoms with Crippen LogP contribution >= 0.6 is 12.2 Å². The summed E-state index contributed by atoms with van der Waals surface area (Å²) in [6.45, 7) is 1.64. The average molecular weight is 577 g/mol. The lowest BCUT2D eigenvalue weighted by atomic mass is 10.0. The van der Waals surface area contributed by atoms with Crippen LogP contribution in [0.15, 0.2) is 72.3 Å². The van der Waals surface area contributed by atoms with Crippen molar-refractivity contribution >= 4 is 52.6 Å². The number of esters is 1. The fraction of sp³-hybridized carbons (Fsp3) is 0.200. The maximum absolute atomic E-state index is 13.8. The zero-order chi connectivity index (χ0) is 29.5. The molecule has 1 fully saturated rings. The molecule has 0 unspecified atom stereocenters. The SMILES string of the molecule is CCOC(=O)COc1ccc(C=C2C(=O)N(c3ccc(OC)cc3)C(=S)N(c3ccc(OC)cc3)C2=O)cc1OC. The molecule has 0 bridgehead atoms. The van der Waals surface area contributed by atoms with Gasteiger partial charge in [-0.3, -0.25) is 19.4 Å². The van der Waals surface area contributed by atoms with Gasteiger partial charge in [0.25, 0.3) is 11.8 Å². The van der Waals surface area contributed by atoms with Crippen LogP contribution in [0.3, 0.4) is 0 Å². The second kappa shape index (κ2) is 13.0. The molecule has 3 aromatic carbocycles. The Morgan fingerprint density at radius 1 is 0.780 bits per heavy atom. The Labute approximate surface area is 242 Å². The van der Waals surface area contributed by atoms with Crippen molar-refractivity contribution in [3.8, 4) is 23.0 Å². The molecule has 0 saturated carbocycles. The fourth-order valence-corrected chi connectivity index (χ4v) is 4.42. The number of carbonyl (C=O) groups is 3. The summed E-state index contributed by atoms with van der Waals surface area (Å²) in [6.07, 6.45) is 1.46. The molecule has 1 aliphatic rings. The van der Waals surface area contributed by atoms with E-state index in [-0.39, 0.29) is 23.9 Å². The molecule has 2 amide bonds. The largest absolute Gasteiger partial charge is 0.497 e. The van der Waals surface area contributed by atoms with E-state index >= 15 is 0 Å². The molecule has 0 aliphatic carbocycles. The van der Waals surface area contributed by atoms with E-state index in [0.29, 0.717) is 39.9 Å². The van der Waals surface area contributed by atoms with E-state index in [4.69, 9.17) is 35.9 Å². The lowest BCUT2D eigenvalue weighted by Gasteiger charge is -2.36. The molecule has 212 valence electrons. The Kier molecular flexibility index (Phi) is 9.20. The van der Waals surface area contributed by atoms with Gasteiger partial charge in [-0.1, -0.05) is 6.07 Å². The molecule has 0 radical (unpaired) electrons. The van der Waals surface area contributed by atoms with Gasteiger partial charge in [0.15, 0.2) is 23.2 Å². The van der Waals surface area contributed by atoms with Crippen LogP contribution in [0.5, 0.6) is 23.0 Å². The third-order valence-electron chi connectivity index (χ3n) is 6.06. The number of amides is 2. The van der Waals surface area contributed by atoms with Gasteiger partial charge in [-0.05, 0) is 91.4 Å². The molecule has 11 heteroatoms. The van der Waals surface area contributed by atoms with Gasteiger partial charge in [0.2, 0.25) is 0 Å². The molecule has 0 spiro atoms. The molecule has 41 heavy (non-hydrogen) atoms. The van der Waals surface area contributed by atoms with Crippen LogP contribution in [0.25, 0.3) is 6.08 Å². The first kappa shape index (κ1) is 29.1. The molecule has 1 aliphatic heterocycles. The van der Waals surface area contributed by atoms with Crippen LogP contribution in [0.1, 0.15) is 12.5 Å². The highest BCUT2D eigenvalue weighted by atomic mass is 32.1. The second-order valence-electron chi connectivity index (χ2n) is 8.52. The van der Waals surface area contributed by atoms with Gasteiger partial charge >= 0.3 is 5.97 Å². The summed E-state index contributed by atoms with van der Waals surface area (Å²) in [6, 6.07) is 18.3. The predicted octanol–water partition coefficient (Wildman–Crippen LogP) is 4.40. The van der Waals surface area contributed by atoms with Crippen LogP contribution in [-0.2, 0) is 19.1 Å². The Hall–Kier alpha value is -4.90. The molecule has 1 saturated heterocycles. The number of hydrogen-bond donors (Lipinski definition) is 0. The minimum atomic E-state index is -0.600. The molecule has 0 aromatic heterocycles. The Morgan fingerprint density at radius 3 is 1.78 bits per heavy atom. The van der Waals surface area contributed by atoms with E-state index in [2.05, 4.69) is 0 Å². The minimum absolute atomic E-state index is 0.00669. The van der Waals surface area contributed by atoms with Crippen molar-refractivity contribution in [3.05, 3.63) is 77.9 Å². The first-order valence-electron chi connectivity index (χ1n) is 12.5. The van der Waals surface area contributed by atoms with E-state index in [1.54, 1.807) is 73.7 Å². The first-order valence-corrected chi connectivity index (χ1v) is 12.9. The predicted molar refractivity (Wildman–Crippen MR) is 157 cm³/mol. The monoisotopic (exact) mass is 576 g/mol. The number of methoxy groups -OCH3 is 3. The van der Waals surface area contributed by atoms with Crippen LogP contribution in [-0.4, -0.2) is 57.4 Å². The van der Waals surface area contributed by atoms with E-state index in [9.17, 15) is 14.4 Å². The summed E-state index contributed by atoms with van der Waals surface area (Å²) in [5.41, 5.74) is 1.27. The Morgan fingerprint density at radius 2 is 1.32 bits per heavy atom. The third kappa shape index (κ3) is 6.30. The van der Waals surface area contributed by atoms with Crippen LogP contribution in [0.2, 0.25) is 0 Å². The molecule has 1 heterocycles. The summed E-state index contributed by atoms with van der Waals surface area (Å²) in [5.74, 6) is 0.0694. The van der Waals surface area contributed by atoms with Crippen molar-refractivity contribution in [2.24, 2.45) is 0 Å². The van der Waals surface area contributed by atoms with Crippen molar-refractivity contribution in [2.45, 2.75) is 6.92 Å². The number of hydrogen-bond acceptors (Lipinski definition) is 9. The van der Waals surface area contributed by atoms with Gasteiger partial charge in [0.1, 0.15) is 17.1 Å². The highest BCUT2D eigenvalue weighted by Crippen LogP contribution is 2.33. The van der Waals surface area contributed by atoms with E-state index in [1.165, 1.54) is 37.2 Å². The molecule has 0 N–H and O–H groups in total. The van der Waals surface area contributed by atoms with Gasteiger partial charge in [-0.2, -0.15) is 0 Å². The summed E-state index contributed by atoms with van der Waals surface area (Å²) < 4.78 is 26.3. The number of carbonyl (C=O) groups excluding carboxylic acids is 3. The average Bonchev–Trinajstić information content (AvgIpc) is 2.99. The number of thiocarbonyl (C=S) groups is 1. The highest BCUT2D eigenvalue weighted by molar-refractivity contribution is 7.81. The molecule has 10 nitrogen and oxygen atoms in total. The smallest absolute Gasteiger partial charge is 0.344 e. The summed E-state index contributed by atoms with van der Waals surface area (Å²) in [5, 5.41) is -0.00669. The van der Waals surface area contributed by atoms with Gasteiger partial charge in [0.05, 0.1) is 39.3 Å². The summed E-state index contributed by atoms with van der Waals surface area (Å²) in [4.78, 5) is 41.9. The normalized spacial score (nSPS) is 13.2. The van der Waals surface area contributed by atoms with Crippen molar-refractivity contribution < 1.29 is 38.1 Å². The van der Waals surface area contributed by atoms with Crippen molar-refractivity contribution in [3.63, 3.8) is 0 Å². The van der Waals surface area contributed by atoms with E-state index < -0.39 is 17.8 Å². The molecule has 3 aromatic rings. The van der Waals surface area contributed by atoms with Crippen molar-refractivity contribution in [2.75, 3.05) is 44.3 Å². The lowest BCUT2D eigenvalue weighted by molar-refractivity contribution is -0.145. The molecule has 0 atom stereocenters. The summed E-state index contributed by atoms with van der Waals surface area (Å²) in [7, 11) is 4.52. The van der Waals surface area contributed by atoms with Crippen LogP contribution in [0.4, 0.5) is 11.4 Å². The molecular formula is C30H28N2O8S. The van der Waals surface area contributed by atoms with Gasteiger partial charge in [-0.25, -0.2) is 4.79 Å². The first-order chi connectivity index (χ1) is 19.8. The molecule has 4 rings (SSSR count). The van der Waals surface area contributed by atoms with Crippen LogP contribution in [0, 0.1) is 0 Å². The zero-order valence-corrected chi connectivity index (χ0v) is 23.7. The number of ether oxygens (including phenoxy) is 5. The lowest BCUT2D eigenvalue weighted by Crippen LogP contribution is -2.56. The maximum Gasteiger partial charge on any atom is 0.344 e. The molecular weight excluding hydrogens is 548 g/mol.